The van der Waals surface area contributed by atoms with E-state index in [4.69, 9.17) is 4.52 Å². The Bertz CT molecular complexity index is 830. The Morgan fingerprint density at radius 1 is 1.37 bits per heavy atom. The van der Waals surface area contributed by atoms with Crippen molar-refractivity contribution < 1.29 is 14.1 Å². The van der Waals surface area contributed by atoms with Gasteiger partial charge in [-0.2, -0.15) is 11.3 Å². The molecule has 144 valence electrons. The zero-order valence-corrected chi connectivity index (χ0v) is 16.8. The lowest BCUT2D eigenvalue weighted by atomic mass is 9.91. The summed E-state index contributed by atoms with van der Waals surface area (Å²) in [6.45, 7) is 7.39. The topological polar surface area (TPSA) is 66.7 Å². The van der Waals surface area contributed by atoms with Crippen LogP contribution in [0.1, 0.15) is 53.6 Å². The van der Waals surface area contributed by atoms with Crippen LogP contribution in [0.3, 0.4) is 0 Å². The fourth-order valence-corrected chi connectivity index (χ4v) is 5.09. The van der Waals surface area contributed by atoms with Crippen molar-refractivity contribution in [3.05, 3.63) is 39.4 Å². The first-order valence-corrected chi connectivity index (χ1v) is 10.4. The zero-order valence-electron chi connectivity index (χ0n) is 16.0. The number of piperidine rings is 1. The molecule has 6 nitrogen and oxygen atoms in total. The Morgan fingerprint density at radius 3 is 2.67 bits per heavy atom. The highest BCUT2D eigenvalue weighted by atomic mass is 32.1. The summed E-state index contributed by atoms with van der Waals surface area (Å²) in [4.78, 5) is 29.0. The summed E-state index contributed by atoms with van der Waals surface area (Å²) in [5, 5.41) is 8.06. The van der Waals surface area contributed by atoms with Gasteiger partial charge in [0.05, 0.1) is 5.69 Å². The summed E-state index contributed by atoms with van der Waals surface area (Å²) < 4.78 is 5.14. The number of hydrogen-bond acceptors (Lipinski definition) is 5. The number of amides is 2. The van der Waals surface area contributed by atoms with Crippen LogP contribution >= 0.6 is 11.3 Å². The molecule has 1 aliphatic heterocycles. The average Bonchev–Trinajstić information content (AvgIpc) is 2.98. The van der Waals surface area contributed by atoms with Crippen molar-refractivity contribution in [1.29, 1.82) is 0 Å². The van der Waals surface area contributed by atoms with Gasteiger partial charge in [-0.1, -0.05) is 5.16 Å². The number of rotatable bonds is 4. The molecule has 3 heterocycles. The van der Waals surface area contributed by atoms with Gasteiger partial charge in [-0.3, -0.25) is 9.59 Å². The van der Waals surface area contributed by atoms with E-state index in [0.717, 1.165) is 32.4 Å². The van der Waals surface area contributed by atoms with Crippen molar-refractivity contribution in [2.24, 2.45) is 5.41 Å². The molecule has 2 aromatic rings. The highest BCUT2D eigenvalue weighted by Gasteiger charge is 2.58. The van der Waals surface area contributed by atoms with Crippen LogP contribution in [0, 0.1) is 19.3 Å². The smallest absolute Gasteiger partial charge is 0.259 e. The van der Waals surface area contributed by atoms with Crippen molar-refractivity contribution in [3.8, 4) is 0 Å². The highest BCUT2D eigenvalue weighted by molar-refractivity contribution is 7.07. The van der Waals surface area contributed by atoms with Crippen LogP contribution in [0.5, 0.6) is 0 Å². The summed E-state index contributed by atoms with van der Waals surface area (Å²) in [5.41, 5.74) is 2.63. The zero-order chi connectivity index (χ0) is 19.2. The fraction of sp³-hybridized carbons (Fsp3) is 0.550. The van der Waals surface area contributed by atoms with Crippen LogP contribution in [-0.4, -0.2) is 45.9 Å². The molecule has 1 saturated heterocycles. The van der Waals surface area contributed by atoms with Crippen molar-refractivity contribution in [2.45, 2.75) is 52.6 Å². The van der Waals surface area contributed by atoms with Crippen molar-refractivity contribution in [1.82, 2.24) is 15.0 Å². The van der Waals surface area contributed by atoms with Gasteiger partial charge in [-0.25, -0.2) is 0 Å². The molecule has 0 unspecified atom stereocenters. The largest absolute Gasteiger partial charge is 0.361 e. The third-order valence-corrected chi connectivity index (χ3v) is 6.89. The predicted molar refractivity (Wildman–Crippen MR) is 102 cm³/mol. The summed E-state index contributed by atoms with van der Waals surface area (Å²) in [6, 6.07) is 2.38. The summed E-state index contributed by atoms with van der Waals surface area (Å²) in [5.74, 6) is 0.734. The Labute approximate surface area is 163 Å². The Kier molecular flexibility index (Phi) is 4.58. The quantitative estimate of drug-likeness (QED) is 0.806. The molecule has 7 heteroatoms. The first kappa shape index (κ1) is 18.2. The molecule has 2 aliphatic rings. The molecule has 2 fully saturated rings. The van der Waals surface area contributed by atoms with E-state index < -0.39 is 0 Å². The molecule has 1 atom stereocenters. The molecule has 2 amide bonds. The lowest BCUT2D eigenvalue weighted by Crippen LogP contribution is -2.42. The van der Waals surface area contributed by atoms with Gasteiger partial charge < -0.3 is 14.3 Å². The van der Waals surface area contributed by atoms with Crippen LogP contribution in [0.25, 0.3) is 0 Å². The molecular formula is C20H25N3O3S. The maximum Gasteiger partial charge on any atom is 0.259 e. The molecule has 1 saturated carbocycles. The number of hydrogen-bond donors (Lipinski definition) is 0. The van der Waals surface area contributed by atoms with Crippen LogP contribution in [-0.2, 0) is 11.3 Å². The lowest BCUT2D eigenvalue weighted by Gasteiger charge is -2.34. The number of carbonyl (C=O) groups is 2. The van der Waals surface area contributed by atoms with Crippen LogP contribution in [0.15, 0.2) is 21.3 Å². The molecule has 0 N–H and O–H groups in total. The van der Waals surface area contributed by atoms with Gasteiger partial charge in [0.1, 0.15) is 11.3 Å². The minimum atomic E-state index is 0.0139. The van der Waals surface area contributed by atoms with Crippen LogP contribution < -0.4 is 0 Å². The van der Waals surface area contributed by atoms with E-state index >= 15 is 0 Å². The van der Waals surface area contributed by atoms with Gasteiger partial charge in [0.2, 0.25) is 5.91 Å². The Hall–Kier alpha value is -2.15. The second-order valence-corrected chi connectivity index (χ2v) is 8.63. The predicted octanol–water partition coefficient (Wildman–Crippen LogP) is 3.40. The molecular weight excluding hydrogens is 362 g/mol. The summed E-state index contributed by atoms with van der Waals surface area (Å²) in [7, 11) is 0. The first-order chi connectivity index (χ1) is 12.9. The fourth-order valence-electron chi connectivity index (χ4n) is 4.43. The van der Waals surface area contributed by atoms with Crippen LogP contribution in [0.2, 0.25) is 0 Å². The monoisotopic (exact) mass is 387 g/mol. The number of thiophene rings is 1. The number of carbonyl (C=O) groups excluding carboxylic acids is 2. The van der Waals surface area contributed by atoms with Gasteiger partial charge in [-0.05, 0) is 60.9 Å². The molecule has 27 heavy (non-hydrogen) atoms. The van der Waals surface area contributed by atoms with Crippen LogP contribution in [0.4, 0.5) is 0 Å². The van der Waals surface area contributed by atoms with Crippen molar-refractivity contribution >= 4 is 23.2 Å². The van der Waals surface area contributed by atoms with Gasteiger partial charge in [0.15, 0.2) is 0 Å². The number of nitrogens with zero attached hydrogens (tertiary/aromatic N) is 3. The van der Waals surface area contributed by atoms with E-state index in [-0.39, 0.29) is 17.2 Å². The number of aromatic nitrogens is 1. The second kappa shape index (κ2) is 6.78. The normalized spacial score (nSPS) is 20.7. The minimum absolute atomic E-state index is 0.0139. The SMILES string of the molecule is CC(=O)N(Cc1ccsc1)[C@H]1CC12CCN(C(=O)c1c(C)noc1C)CC2. The summed E-state index contributed by atoms with van der Waals surface area (Å²) >= 11 is 1.66. The molecule has 1 spiro atoms. The number of aryl methyl sites for hydroxylation is 2. The lowest BCUT2D eigenvalue weighted by molar-refractivity contribution is -0.130. The number of likely N-dealkylation sites (tertiary alicyclic amines) is 1. The van der Waals surface area contributed by atoms with Gasteiger partial charge >= 0.3 is 0 Å². The Balaban J connectivity index is 1.40. The standard InChI is InChI=1S/C20H25N3O3S/c1-13-18(14(2)26-21-13)19(25)22-7-5-20(6-8-22)10-17(20)23(15(3)24)11-16-4-9-27-12-16/h4,9,12,17H,5-8,10-11H2,1-3H3/t17-/m0/s1. The average molecular weight is 388 g/mol. The maximum atomic E-state index is 12.8. The second-order valence-electron chi connectivity index (χ2n) is 7.85. The molecule has 0 aromatic carbocycles. The molecule has 4 rings (SSSR count). The van der Waals surface area contributed by atoms with E-state index in [1.54, 1.807) is 32.1 Å². The third-order valence-electron chi connectivity index (χ3n) is 6.15. The van der Waals surface area contributed by atoms with Crippen molar-refractivity contribution in [3.63, 3.8) is 0 Å². The van der Waals surface area contributed by atoms with Crippen molar-refractivity contribution in [2.75, 3.05) is 13.1 Å². The minimum Gasteiger partial charge on any atom is -0.361 e. The van der Waals surface area contributed by atoms with Gasteiger partial charge in [-0.15, -0.1) is 0 Å². The van der Waals surface area contributed by atoms with Gasteiger partial charge in [0, 0.05) is 32.6 Å². The molecule has 1 aliphatic carbocycles. The summed E-state index contributed by atoms with van der Waals surface area (Å²) in [6.07, 6.45) is 2.93. The third kappa shape index (κ3) is 3.29. The Morgan fingerprint density at radius 2 is 2.11 bits per heavy atom. The van der Waals surface area contributed by atoms with E-state index in [2.05, 4.69) is 22.0 Å². The van der Waals surface area contributed by atoms with E-state index in [1.165, 1.54) is 5.56 Å². The maximum absolute atomic E-state index is 12.8. The highest BCUT2D eigenvalue weighted by Crippen LogP contribution is 2.57. The molecule has 2 aromatic heterocycles. The van der Waals surface area contributed by atoms with E-state index in [9.17, 15) is 9.59 Å². The van der Waals surface area contributed by atoms with E-state index in [1.807, 2.05) is 9.80 Å². The first-order valence-electron chi connectivity index (χ1n) is 9.42. The molecule has 0 bridgehead atoms. The van der Waals surface area contributed by atoms with Gasteiger partial charge in [0.25, 0.3) is 5.91 Å². The van der Waals surface area contributed by atoms with E-state index in [0.29, 0.717) is 29.6 Å². The molecule has 0 radical (unpaired) electrons.